The van der Waals surface area contributed by atoms with Gasteiger partial charge in [-0.2, -0.15) is 0 Å². The molecule has 17 heavy (non-hydrogen) atoms. The van der Waals surface area contributed by atoms with Gasteiger partial charge in [0.15, 0.2) is 0 Å². The predicted octanol–water partition coefficient (Wildman–Crippen LogP) is 2.82. The summed E-state index contributed by atoms with van der Waals surface area (Å²) < 4.78 is 18.4. The number of pyridine rings is 1. The second-order valence-electron chi connectivity index (χ2n) is 3.55. The molecule has 1 rings (SSSR count). The Morgan fingerprint density at radius 2 is 2.24 bits per heavy atom. The summed E-state index contributed by atoms with van der Waals surface area (Å²) in [7, 11) is 0. The van der Waals surface area contributed by atoms with Crippen LogP contribution in [0.15, 0.2) is 12.3 Å². The van der Waals surface area contributed by atoms with E-state index in [9.17, 15) is 4.39 Å². The van der Waals surface area contributed by atoms with Crippen molar-refractivity contribution in [2.75, 3.05) is 31.2 Å². The molecule has 0 bridgehead atoms. The molecule has 1 heterocycles. The van der Waals surface area contributed by atoms with E-state index in [1.165, 1.54) is 12.3 Å². The number of hydrogen-bond acceptors (Lipinski definition) is 3. The van der Waals surface area contributed by atoms with E-state index in [1.54, 1.807) is 0 Å². The molecule has 96 valence electrons. The summed E-state index contributed by atoms with van der Waals surface area (Å²) in [6.07, 6.45) is 1.22. The first-order chi connectivity index (χ1) is 8.22. The van der Waals surface area contributed by atoms with E-state index in [0.717, 1.165) is 18.9 Å². The summed E-state index contributed by atoms with van der Waals surface area (Å²) in [4.78, 5) is 6.14. The van der Waals surface area contributed by atoms with Crippen molar-refractivity contribution in [1.82, 2.24) is 4.98 Å². The van der Waals surface area contributed by atoms with Gasteiger partial charge in [-0.25, -0.2) is 9.37 Å². The Bertz CT molecular complexity index is 349. The Hall–Kier alpha value is -0.870. The lowest BCUT2D eigenvalue weighted by atomic mass is 10.2. The molecule has 0 unspecified atom stereocenters. The Morgan fingerprint density at radius 3 is 2.82 bits per heavy atom. The number of halogens is 2. The third-order valence-corrected chi connectivity index (χ3v) is 2.73. The largest absolute Gasteiger partial charge is 0.380 e. The van der Waals surface area contributed by atoms with Crippen molar-refractivity contribution in [2.24, 2.45) is 0 Å². The van der Waals surface area contributed by atoms with Gasteiger partial charge in [0.05, 0.1) is 18.7 Å². The highest BCUT2D eigenvalue weighted by molar-refractivity contribution is 6.17. The van der Waals surface area contributed by atoms with Gasteiger partial charge in [0.25, 0.3) is 0 Å². The van der Waals surface area contributed by atoms with Crippen molar-refractivity contribution < 1.29 is 9.13 Å². The molecule has 0 saturated carbocycles. The fraction of sp³-hybridized carbons (Fsp3) is 0.583. The lowest BCUT2D eigenvalue weighted by Gasteiger charge is -2.23. The number of rotatable bonds is 7. The molecule has 0 aliphatic rings. The van der Waals surface area contributed by atoms with Crippen LogP contribution in [0.1, 0.15) is 19.4 Å². The van der Waals surface area contributed by atoms with Crippen molar-refractivity contribution in [1.29, 1.82) is 0 Å². The Labute approximate surface area is 107 Å². The average Bonchev–Trinajstić information content (AvgIpc) is 2.35. The van der Waals surface area contributed by atoms with Gasteiger partial charge < -0.3 is 9.64 Å². The third kappa shape index (κ3) is 4.13. The highest BCUT2D eigenvalue weighted by atomic mass is 35.5. The van der Waals surface area contributed by atoms with Crippen molar-refractivity contribution >= 4 is 17.4 Å². The fourth-order valence-corrected chi connectivity index (χ4v) is 1.79. The number of nitrogens with zero attached hydrogens (tertiary/aromatic N) is 2. The normalized spacial score (nSPS) is 10.6. The molecular formula is C12H18ClFN2O. The molecular weight excluding hydrogens is 243 g/mol. The Morgan fingerprint density at radius 1 is 1.47 bits per heavy atom. The van der Waals surface area contributed by atoms with E-state index in [4.69, 9.17) is 16.3 Å². The van der Waals surface area contributed by atoms with Crippen LogP contribution in [-0.4, -0.2) is 31.3 Å². The highest BCUT2D eigenvalue weighted by Gasteiger charge is 2.11. The molecule has 0 N–H and O–H groups in total. The zero-order valence-electron chi connectivity index (χ0n) is 10.2. The second-order valence-corrected chi connectivity index (χ2v) is 3.81. The molecule has 0 atom stereocenters. The minimum Gasteiger partial charge on any atom is -0.380 e. The maximum absolute atomic E-state index is 13.0. The maximum Gasteiger partial charge on any atom is 0.141 e. The number of ether oxygens (including phenoxy) is 1. The smallest absolute Gasteiger partial charge is 0.141 e. The number of anilines is 1. The van der Waals surface area contributed by atoms with Gasteiger partial charge in [-0.15, -0.1) is 11.6 Å². The van der Waals surface area contributed by atoms with E-state index >= 15 is 0 Å². The summed E-state index contributed by atoms with van der Waals surface area (Å²) in [5, 5.41) is 0. The van der Waals surface area contributed by atoms with Crippen LogP contribution in [0.25, 0.3) is 0 Å². The monoisotopic (exact) mass is 260 g/mol. The number of alkyl halides is 1. The van der Waals surface area contributed by atoms with Crippen molar-refractivity contribution in [2.45, 2.75) is 19.7 Å². The number of hydrogen-bond donors (Lipinski definition) is 0. The van der Waals surface area contributed by atoms with Crippen molar-refractivity contribution in [3.8, 4) is 0 Å². The molecule has 0 aliphatic carbocycles. The van der Waals surface area contributed by atoms with Gasteiger partial charge in [-0.3, -0.25) is 0 Å². The van der Waals surface area contributed by atoms with Gasteiger partial charge in [-0.1, -0.05) is 0 Å². The van der Waals surface area contributed by atoms with Crippen molar-refractivity contribution in [3.05, 3.63) is 23.6 Å². The van der Waals surface area contributed by atoms with E-state index in [1.807, 2.05) is 18.7 Å². The topological polar surface area (TPSA) is 25.4 Å². The zero-order chi connectivity index (χ0) is 12.7. The lowest BCUT2D eigenvalue weighted by molar-refractivity contribution is 0.154. The molecule has 0 fully saturated rings. The molecule has 0 aliphatic heterocycles. The first kappa shape index (κ1) is 14.2. The number of likely N-dealkylation sites (N-methyl/N-ethyl adjacent to an activating group) is 1. The maximum atomic E-state index is 13.0. The molecule has 0 amide bonds. The van der Waals surface area contributed by atoms with Crippen LogP contribution in [0.5, 0.6) is 0 Å². The van der Waals surface area contributed by atoms with Gasteiger partial charge in [0, 0.05) is 25.3 Å². The standard InChI is InChI=1S/C12H18ClFN2O/c1-3-16(5-6-17-4-2)12-10(8-13)7-11(14)9-15-12/h7,9H,3-6,8H2,1-2H3. The van der Waals surface area contributed by atoms with E-state index < -0.39 is 0 Å². The Kier molecular flexibility index (Phi) is 6.22. The first-order valence-corrected chi connectivity index (χ1v) is 6.29. The lowest BCUT2D eigenvalue weighted by Crippen LogP contribution is -2.29. The summed E-state index contributed by atoms with van der Waals surface area (Å²) in [5.41, 5.74) is 0.713. The summed E-state index contributed by atoms with van der Waals surface area (Å²) in [6, 6.07) is 1.43. The van der Waals surface area contributed by atoms with Crippen LogP contribution in [0.2, 0.25) is 0 Å². The van der Waals surface area contributed by atoms with Gasteiger partial charge in [-0.05, 0) is 19.9 Å². The fourth-order valence-electron chi connectivity index (χ4n) is 1.59. The average molecular weight is 261 g/mol. The van der Waals surface area contributed by atoms with Crippen LogP contribution in [0.3, 0.4) is 0 Å². The van der Waals surface area contributed by atoms with Gasteiger partial charge in [0.2, 0.25) is 0 Å². The summed E-state index contributed by atoms with van der Waals surface area (Å²) >= 11 is 5.80. The van der Waals surface area contributed by atoms with E-state index in [-0.39, 0.29) is 11.7 Å². The minimum atomic E-state index is -0.356. The predicted molar refractivity (Wildman–Crippen MR) is 68.1 cm³/mol. The van der Waals surface area contributed by atoms with Crippen LogP contribution < -0.4 is 4.90 Å². The Balaban J connectivity index is 2.79. The summed E-state index contributed by atoms with van der Waals surface area (Å²) in [5.74, 6) is 0.638. The minimum absolute atomic E-state index is 0.255. The first-order valence-electron chi connectivity index (χ1n) is 5.76. The van der Waals surface area contributed by atoms with Gasteiger partial charge in [0.1, 0.15) is 11.6 Å². The van der Waals surface area contributed by atoms with E-state index in [0.29, 0.717) is 18.8 Å². The molecule has 5 heteroatoms. The molecule has 1 aromatic heterocycles. The van der Waals surface area contributed by atoms with E-state index in [2.05, 4.69) is 4.98 Å². The quantitative estimate of drug-likeness (QED) is 0.557. The molecule has 3 nitrogen and oxygen atoms in total. The zero-order valence-corrected chi connectivity index (χ0v) is 11.0. The summed E-state index contributed by atoms with van der Waals surface area (Å²) in [6.45, 7) is 6.82. The molecule has 0 saturated heterocycles. The molecule has 1 aromatic rings. The van der Waals surface area contributed by atoms with Crippen LogP contribution in [0, 0.1) is 5.82 Å². The van der Waals surface area contributed by atoms with Crippen LogP contribution in [-0.2, 0) is 10.6 Å². The van der Waals surface area contributed by atoms with Crippen LogP contribution >= 0.6 is 11.6 Å². The second kappa shape index (κ2) is 7.45. The molecule has 0 radical (unpaired) electrons. The molecule has 0 spiro atoms. The van der Waals surface area contributed by atoms with Crippen LogP contribution in [0.4, 0.5) is 10.2 Å². The van der Waals surface area contributed by atoms with Crippen molar-refractivity contribution in [3.63, 3.8) is 0 Å². The number of aromatic nitrogens is 1. The molecule has 0 aromatic carbocycles. The SMILES string of the molecule is CCOCCN(CC)c1ncc(F)cc1CCl. The van der Waals surface area contributed by atoms with Gasteiger partial charge >= 0.3 is 0 Å². The third-order valence-electron chi connectivity index (χ3n) is 2.44. The highest BCUT2D eigenvalue weighted by Crippen LogP contribution is 2.20.